The number of aromatic nitrogens is 1. The molecule has 3 N–H and O–H groups in total. The molecule has 1 heterocycles. The molecule has 0 amide bonds. The zero-order valence-corrected chi connectivity index (χ0v) is 9.74. The summed E-state index contributed by atoms with van der Waals surface area (Å²) in [5, 5.41) is 1.34. The van der Waals surface area contributed by atoms with Gasteiger partial charge in [-0.25, -0.2) is 0 Å². The van der Waals surface area contributed by atoms with Gasteiger partial charge in [0.15, 0.2) is 0 Å². The van der Waals surface area contributed by atoms with E-state index in [0.717, 1.165) is 19.4 Å². The number of nitrogens with one attached hydrogen (secondary N) is 1. The quantitative estimate of drug-likeness (QED) is 0.790. The average Bonchev–Trinajstić information content (AvgIpc) is 2.75. The van der Waals surface area contributed by atoms with Crippen LogP contribution >= 0.6 is 0 Å². The van der Waals surface area contributed by atoms with Crippen LogP contribution in [-0.2, 0) is 0 Å². The monoisotopic (exact) mass is 215 g/mol. The maximum atomic E-state index is 5.58. The van der Waals surface area contributed by atoms with Gasteiger partial charge >= 0.3 is 0 Å². The van der Waals surface area contributed by atoms with Crippen molar-refractivity contribution in [2.24, 2.45) is 5.73 Å². The van der Waals surface area contributed by atoms with Crippen LogP contribution in [0.25, 0.3) is 10.9 Å². The van der Waals surface area contributed by atoms with Gasteiger partial charge in [-0.3, -0.25) is 0 Å². The van der Waals surface area contributed by atoms with Crippen molar-refractivity contribution in [1.29, 1.82) is 0 Å². The average molecular weight is 215 g/mol. The molecular formula is C14H19N2. The standard InChI is InChI=1S/C14H19N2/c1-2-11(6-5-9-15)13-10-16-14-8-4-3-7-12(13)14/h2-4,7-8,10-11,16H,5-6,9,15H2,1H3. The van der Waals surface area contributed by atoms with Gasteiger partial charge in [0.25, 0.3) is 0 Å². The molecule has 0 spiro atoms. The van der Waals surface area contributed by atoms with Gasteiger partial charge in [-0.1, -0.05) is 25.1 Å². The van der Waals surface area contributed by atoms with Crippen LogP contribution in [0.15, 0.2) is 30.5 Å². The van der Waals surface area contributed by atoms with Crippen LogP contribution in [0.1, 0.15) is 31.2 Å². The lowest BCUT2D eigenvalue weighted by Crippen LogP contribution is -2.03. The predicted molar refractivity (Wildman–Crippen MR) is 69.3 cm³/mol. The topological polar surface area (TPSA) is 41.8 Å². The summed E-state index contributed by atoms with van der Waals surface area (Å²) in [6, 6.07) is 8.46. The van der Waals surface area contributed by atoms with Crippen LogP contribution in [0.4, 0.5) is 0 Å². The summed E-state index contributed by atoms with van der Waals surface area (Å²) in [6.07, 6.45) is 6.61. The Bertz CT molecular complexity index is 445. The van der Waals surface area contributed by atoms with E-state index in [1.165, 1.54) is 16.5 Å². The lowest BCUT2D eigenvalue weighted by Gasteiger charge is -2.13. The molecule has 0 bridgehead atoms. The fourth-order valence-corrected chi connectivity index (χ4v) is 2.24. The van der Waals surface area contributed by atoms with Gasteiger partial charge in [-0.2, -0.15) is 0 Å². The molecule has 2 aromatic rings. The van der Waals surface area contributed by atoms with Crippen LogP contribution in [0, 0.1) is 6.42 Å². The fourth-order valence-electron chi connectivity index (χ4n) is 2.24. The van der Waals surface area contributed by atoms with Crippen molar-refractivity contribution in [2.45, 2.75) is 25.7 Å². The van der Waals surface area contributed by atoms with Gasteiger partial charge in [0.1, 0.15) is 0 Å². The summed E-state index contributed by atoms with van der Waals surface area (Å²) in [4.78, 5) is 3.33. The molecule has 2 heteroatoms. The van der Waals surface area contributed by atoms with Crippen LogP contribution in [0.3, 0.4) is 0 Å². The van der Waals surface area contributed by atoms with Crippen molar-refractivity contribution in [3.8, 4) is 0 Å². The molecular weight excluding hydrogens is 196 g/mol. The van der Waals surface area contributed by atoms with Gasteiger partial charge in [-0.05, 0) is 43.4 Å². The second-order valence-corrected chi connectivity index (χ2v) is 4.16. The van der Waals surface area contributed by atoms with E-state index in [2.05, 4.69) is 48.8 Å². The SMILES string of the molecule is C[CH]C(CCCN)c1c[nH]c2ccccc12. The molecule has 0 saturated carbocycles. The Labute approximate surface area is 96.9 Å². The molecule has 1 aromatic heterocycles. The smallest absolute Gasteiger partial charge is 0.0456 e. The Morgan fingerprint density at radius 2 is 2.19 bits per heavy atom. The summed E-state index contributed by atoms with van der Waals surface area (Å²) in [5.74, 6) is 0.514. The highest BCUT2D eigenvalue weighted by Crippen LogP contribution is 2.30. The second-order valence-electron chi connectivity index (χ2n) is 4.16. The minimum absolute atomic E-state index is 0.514. The first-order chi connectivity index (χ1) is 7.86. The van der Waals surface area contributed by atoms with Crippen molar-refractivity contribution in [1.82, 2.24) is 4.98 Å². The number of rotatable bonds is 5. The lowest BCUT2D eigenvalue weighted by atomic mass is 9.91. The third-order valence-electron chi connectivity index (χ3n) is 3.14. The number of para-hydroxylation sites is 1. The van der Waals surface area contributed by atoms with E-state index in [1.54, 1.807) is 0 Å². The number of benzene rings is 1. The van der Waals surface area contributed by atoms with E-state index >= 15 is 0 Å². The van der Waals surface area contributed by atoms with E-state index in [9.17, 15) is 0 Å². The highest BCUT2D eigenvalue weighted by molar-refractivity contribution is 5.83. The maximum absolute atomic E-state index is 5.58. The van der Waals surface area contributed by atoms with Crippen LogP contribution in [0.5, 0.6) is 0 Å². The normalized spacial score (nSPS) is 13.1. The lowest BCUT2D eigenvalue weighted by molar-refractivity contribution is 0.658. The molecule has 0 aliphatic carbocycles. The molecule has 0 aliphatic heterocycles. The Morgan fingerprint density at radius 1 is 1.38 bits per heavy atom. The van der Waals surface area contributed by atoms with E-state index in [1.807, 2.05) is 0 Å². The molecule has 0 saturated heterocycles. The van der Waals surface area contributed by atoms with Crippen molar-refractivity contribution < 1.29 is 0 Å². The van der Waals surface area contributed by atoms with Crippen molar-refractivity contribution >= 4 is 10.9 Å². The molecule has 85 valence electrons. The Morgan fingerprint density at radius 3 is 2.94 bits per heavy atom. The molecule has 2 nitrogen and oxygen atoms in total. The predicted octanol–water partition coefficient (Wildman–Crippen LogP) is 3.21. The summed E-state index contributed by atoms with van der Waals surface area (Å²) < 4.78 is 0. The third kappa shape index (κ3) is 2.12. The summed E-state index contributed by atoms with van der Waals surface area (Å²) >= 11 is 0. The van der Waals surface area contributed by atoms with Crippen molar-refractivity contribution in [2.75, 3.05) is 6.54 Å². The Hall–Kier alpha value is -1.28. The van der Waals surface area contributed by atoms with E-state index in [0.29, 0.717) is 5.92 Å². The molecule has 16 heavy (non-hydrogen) atoms. The number of hydrogen-bond acceptors (Lipinski definition) is 1. The second kappa shape index (κ2) is 5.17. The van der Waals surface area contributed by atoms with Gasteiger partial charge in [0.2, 0.25) is 0 Å². The molecule has 1 radical (unpaired) electrons. The van der Waals surface area contributed by atoms with E-state index in [-0.39, 0.29) is 0 Å². The largest absolute Gasteiger partial charge is 0.361 e. The van der Waals surface area contributed by atoms with Gasteiger partial charge in [-0.15, -0.1) is 0 Å². The number of fused-ring (bicyclic) bond motifs is 1. The summed E-state index contributed by atoms with van der Waals surface area (Å²) in [7, 11) is 0. The summed E-state index contributed by atoms with van der Waals surface area (Å²) in [5.41, 5.74) is 8.19. The van der Waals surface area contributed by atoms with Crippen molar-refractivity contribution in [3.05, 3.63) is 42.4 Å². The molecule has 0 aliphatic rings. The highest BCUT2D eigenvalue weighted by Gasteiger charge is 2.13. The Balaban J connectivity index is 2.30. The van der Waals surface area contributed by atoms with Gasteiger partial charge < -0.3 is 10.7 Å². The Kier molecular flexibility index (Phi) is 3.62. The van der Waals surface area contributed by atoms with Crippen LogP contribution in [-0.4, -0.2) is 11.5 Å². The first-order valence-electron chi connectivity index (χ1n) is 5.92. The molecule has 2 rings (SSSR count). The van der Waals surface area contributed by atoms with Crippen molar-refractivity contribution in [3.63, 3.8) is 0 Å². The number of aromatic amines is 1. The molecule has 1 unspecified atom stereocenters. The third-order valence-corrected chi connectivity index (χ3v) is 3.14. The number of nitrogens with two attached hydrogens (primary N) is 1. The van der Waals surface area contributed by atoms with Gasteiger partial charge in [0, 0.05) is 17.1 Å². The maximum Gasteiger partial charge on any atom is 0.0456 e. The first-order valence-corrected chi connectivity index (χ1v) is 5.92. The van der Waals surface area contributed by atoms with Crippen LogP contribution in [0.2, 0.25) is 0 Å². The van der Waals surface area contributed by atoms with E-state index in [4.69, 9.17) is 5.73 Å². The molecule has 0 fully saturated rings. The molecule has 1 aromatic carbocycles. The van der Waals surface area contributed by atoms with Gasteiger partial charge in [0.05, 0.1) is 0 Å². The van der Waals surface area contributed by atoms with Crippen LogP contribution < -0.4 is 5.73 Å². The number of H-pyrrole nitrogens is 1. The zero-order chi connectivity index (χ0) is 11.4. The molecule has 1 atom stereocenters. The minimum atomic E-state index is 0.514. The highest BCUT2D eigenvalue weighted by atomic mass is 14.7. The summed E-state index contributed by atoms with van der Waals surface area (Å²) in [6.45, 7) is 2.90. The zero-order valence-electron chi connectivity index (χ0n) is 9.74. The fraction of sp³-hybridized carbons (Fsp3) is 0.357. The minimum Gasteiger partial charge on any atom is -0.361 e. The first kappa shape index (κ1) is 11.2. The number of hydrogen-bond donors (Lipinski definition) is 2. The van der Waals surface area contributed by atoms with E-state index < -0.39 is 0 Å².